The Balaban J connectivity index is 2.25. The average molecular weight is 268 g/mol. The fourth-order valence-corrected chi connectivity index (χ4v) is 3.24. The Morgan fingerprint density at radius 3 is 2.93 bits per heavy atom. The minimum absolute atomic E-state index is 0.692. The van der Waals surface area contributed by atoms with Crippen molar-refractivity contribution >= 4 is 15.9 Å². The fraction of sp³-hybridized carbons (Fsp3) is 0.615. The number of halogens is 1. The third kappa shape index (κ3) is 2.41. The molecule has 3 unspecified atom stereocenters. The molecular formula is C13H18BrN. The van der Waals surface area contributed by atoms with Crippen LogP contribution >= 0.6 is 15.9 Å². The Morgan fingerprint density at radius 2 is 2.20 bits per heavy atom. The summed E-state index contributed by atoms with van der Waals surface area (Å²) in [6.45, 7) is 4.57. The van der Waals surface area contributed by atoms with Crippen LogP contribution in [0.2, 0.25) is 0 Å². The maximum Gasteiger partial charge on any atom is 0.0305 e. The molecule has 1 aromatic rings. The van der Waals surface area contributed by atoms with E-state index >= 15 is 0 Å². The molecule has 0 bridgehead atoms. The van der Waals surface area contributed by atoms with Gasteiger partial charge in [-0.2, -0.15) is 0 Å². The molecule has 0 N–H and O–H groups in total. The van der Waals surface area contributed by atoms with E-state index in [1.807, 2.05) is 6.20 Å². The van der Waals surface area contributed by atoms with Crippen LogP contribution in [0.3, 0.4) is 0 Å². The van der Waals surface area contributed by atoms with Crippen molar-refractivity contribution < 1.29 is 0 Å². The van der Waals surface area contributed by atoms with E-state index in [0.29, 0.717) is 10.7 Å². The molecule has 1 heterocycles. The normalized spacial score (nSPS) is 31.5. The highest BCUT2D eigenvalue weighted by Crippen LogP contribution is 2.40. The minimum atomic E-state index is 0.692. The quantitative estimate of drug-likeness (QED) is 0.700. The van der Waals surface area contributed by atoms with E-state index in [9.17, 15) is 0 Å². The molecule has 0 amide bonds. The molecule has 0 saturated heterocycles. The van der Waals surface area contributed by atoms with Gasteiger partial charge in [-0.1, -0.05) is 22.9 Å². The summed E-state index contributed by atoms with van der Waals surface area (Å²) in [4.78, 5) is 4.96. The Kier molecular flexibility index (Phi) is 3.45. The van der Waals surface area contributed by atoms with Crippen molar-refractivity contribution in [2.24, 2.45) is 5.92 Å². The molecule has 3 atom stereocenters. The number of aryl methyl sites for hydroxylation is 1. The molecule has 0 radical (unpaired) electrons. The monoisotopic (exact) mass is 267 g/mol. The Morgan fingerprint density at radius 1 is 1.40 bits per heavy atom. The van der Waals surface area contributed by atoms with Crippen LogP contribution in [0.1, 0.15) is 43.2 Å². The smallest absolute Gasteiger partial charge is 0.0305 e. The minimum Gasteiger partial charge on any atom is -0.264 e. The molecule has 1 aliphatic carbocycles. The summed E-state index contributed by atoms with van der Waals surface area (Å²) in [5.41, 5.74) is 2.85. The van der Waals surface area contributed by atoms with E-state index in [1.165, 1.54) is 30.4 Å². The molecular weight excluding hydrogens is 250 g/mol. The van der Waals surface area contributed by atoms with Crippen molar-refractivity contribution in [3.05, 3.63) is 29.6 Å². The second kappa shape index (κ2) is 4.65. The maximum atomic E-state index is 4.26. The standard InChI is InChI=1S/C13H18BrN/c1-9-3-4-11(14)7-12(9)13-8-15-6-5-10(13)2/h5-6,8-9,11-12H,3-4,7H2,1-2H3. The summed E-state index contributed by atoms with van der Waals surface area (Å²) in [6.07, 6.45) is 7.85. The van der Waals surface area contributed by atoms with Gasteiger partial charge in [-0.3, -0.25) is 4.98 Å². The topological polar surface area (TPSA) is 12.9 Å². The van der Waals surface area contributed by atoms with Gasteiger partial charge in [0.15, 0.2) is 0 Å². The van der Waals surface area contributed by atoms with Crippen LogP contribution in [-0.4, -0.2) is 9.81 Å². The molecule has 1 aromatic heterocycles. The number of aromatic nitrogens is 1. The summed E-state index contributed by atoms with van der Waals surface area (Å²) < 4.78 is 0. The van der Waals surface area contributed by atoms with Gasteiger partial charge in [-0.05, 0) is 55.2 Å². The highest BCUT2D eigenvalue weighted by molar-refractivity contribution is 9.09. The number of hydrogen-bond donors (Lipinski definition) is 0. The lowest BCUT2D eigenvalue weighted by Crippen LogP contribution is -2.22. The van der Waals surface area contributed by atoms with Gasteiger partial charge in [-0.15, -0.1) is 0 Å². The van der Waals surface area contributed by atoms with Crippen LogP contribution < -0.4 is 0 Å². The van der Waals surface area contributed by atoms with Crippen LogP contribution in [0.15, 0.2) is 18.5 Å². The lowest BCUT2D eigenvalue weighted by Gasteiger charge is -2.32. The van der Waals surface area contributed by atoms with Crippen molar-refractivity contribution in [2.45, 2.75) is 43.9 Å². The molecule has 0 spiro atoms. The third-order valence-electron chi connectivity index (χ3n) is 3.61. The van der Waals surface area contributed by atoms with Crippen LogP contribution in [0.4, 0.5) is 0 Å². The van der Waals surface area contributed by atoms with Gasteiger partial charge in [0.25, 0.3) is 0 Å². The molecule has 2 rings (SSSR count). The second-order valence-corrected chi connectivity index (χ2v) is 6.02. The van der Waals surface area contributed by atoms with Gasteiger partial charge >= 0.3 is 0 Å². The number of alkyl halides is 1. The largest absolute Gasteiger partial charge is 0.264 e. The zero-order valence-corrected chi connectivity index (χ0v) is 11.0. The second-order valence-electron chi connectivity index (χ2n) is 4.73. The van der Waals surface area contributed by atoms with Gasteiger partial charge in [0, 0.05) is 17.2 Å². The van der Waals surface area contributed by atoms with E-state index in [0.717, 1.165) is 5.92 Å². The number of rotatable bonds is 1. The Labute approximate surface area is 100 Å². The number of nitrogens with zero attached hydrogens (tertiary/aromatic N) is 1. The fourth-order valence-electron chi connectivity index (χ4n) is 2.57. The zero-order valence-electron chi connectivity index (χ0n) is 9.41. The number of hydrogen-bond acceptors (Lipinski definition) is 1. The van der Waals surface area contributed by atoms with E-state index in [4.69, 9.17) is 0 Å². The van der Waals surface area contributed by atoms with Crippen molar-refractivity contribution in [1.29, 1.82) is 0 Å². The van der Waals surface area contributed by atoms with Gasteiger partial charge < -0.3 is 0 Å². The van der Waals surface area contributed by atoms with E-state index in [-0.39, 0.29) is 0 Å². The Bertz CT molecular complexity index is 337. The third-order valence-corrected chi connectivity index (χ3v) is 4.44. The first-order valence-corrected chi connectivity index (χ1v) is 6.64. The van der Waals surface area contributed by atoms with Crippen LogP contribution in [0, 0.1) is 12.8 Å². The molecule has 1 saturated carbocycles. The SMILES string of the molecule is Cc1ccncc1C1CC(Br)CCC1C. The average Bonchev–Trinajstić information content (AvgIpc) is 2.23. The summed E-state index contributed by atoms with van der Waals surface area (Å²) in [7, 11) is 0. The lowest BCUT2D eigenvalue weighted by molar-refractivity contribution is 0.339. The van der Waals surface area contributed by atoms with Crippen molar-refractivity contribution in [3.8, 4) is 0 Å². The van der Waals surface area contributed by atoms with Crippen LogP contribution in [0.5, 0.6) is 0 Å². The molecule has 0 aromatic carbocycles. The molecule has 82 valence electrons. The highest BCUT2D eigenvalue weighted by atomic mass is 79.9. The molecule has 1 nitrogen and oxygen atoms in total. The van der Waals surface area contributed by atoms with Gasteiger partial charge in [-0.25, -0.2) is 0 Å². The predicted octanol–water partition coefficient (Wildman–Crippen LogP) is 4.06. The first kappa shape index (κ1) is 11.1. The maximum absolute atomic E-state index is 4.26. The molecule has 0 aliphatic heterocycles. The van der Waals surface area contributed by atoms with Crippen molar-refractivity contribution in [3.63, 3.8) is 0 Å². The van der Waals surface area contributed by atoms with Crippen molar-refractivity contribution in [1.82, 2.24) is 4.98 Å². The molecule has 2 heteroatoms. The van der Waals surface area contributed by atoms with Crippen LogP contribution in [0.25, 0.3) is 0 Å². The summed E-state index contributed by atoms with van der Waals surface area (Å²) >= 11 is 3.76. The summed E-state index contributed by atoms with van der Waals surface area (Å²) in [6, 6.07) is 2.12. The molecule has 1 aliphatic rings. The van der Waals surface area contributed by atoms with Gasteiger partial charge in [0.05, 0.1) is 0 Å². The summed E-state index contributed by atoms with van der Waals surface area (Å²) in [5.74, 6) is 1.48. The van der Waals surface area contributed by atoms with Crippen LogP contribution in [-0.2, 0) is 0 Å². The Hall–Kier alpha value is -0.370. The molecule has 15 heavy (non-hydrogen) atoms. The first-order valence-electron chi connectivity index (χ1n) is 5.73. The van der Waals surface area contributed by atoms with Crippen molar-refractivity contribution in [2.75, 3.05) is 0 Å². The highest BCUT2D eigenvalue weighted by Gasteiger charge is 2.28. The summed E-state index contributed by atoms with van der Waals surface area (Å²) in [5, 5.41) is 0. The lowest BCUT2D eigenvalue weighted by atomic mass is 9.76. The van der Waals surface area contributed by atoms with E-state index in [2.05, 4.69) is 47.0 Å². The van der Waals surface area contributed by atoms with Gasteiger partial charge in [0.2, 0.25) is 0 Å². The zero-order chi connectivity index (χ0) is 10.8. The van der Waals surface area contributed by atoms with E-state index < -0.39 is 0 Å². The molecule has 1 fully saturated rings. The number of pyridine rings is 1. The first-order chi connectivity index (χ1) is 7.18. The van der Waals surface area contributed by atoms with Gasteiger partial charge in [0.1, 0.15) is 0 Å². The van der Waals surface area contributed by atoms with E-state index in [1.54, 1.807) is 0 Å². The predicted molar refractivity (Wildman–Crippen MR) is 67.4 cm³/mol.